The van der Waals surface area contributed by atoms with Gasteiger partial charge in [0.2, 0.25) is 0 Å². The van der Waals surface area contributed by atoms with Gasteiger partial charge >= 0.3 is 5.97 Å². The molecule has 0 spiro atoms. The lowest BCUT2D eigenvalue weighted by molar-refractivity contribution is -0.158. The van der Waals surface area contributed by atoms with E-state index in [0.29, 0.717) is 4.88 Å². The Hall–Kier alpha value is -1.36. The van der Waals surface area contributed by atoms with Gasteiger partial charge in [0.05, 0.1) is 4.88 Å². The number of nitrogens with one attached hydrogen (secondary N) is 1. The van der Waals surface area contributed by atoms with Crippen LogP contribution in [0, 0.1) is 12.8 Å². The molecule has 0 aliphatic carbocycles. The highest BCUT2D eigenvalue weighted by Crippen LogP contribution is 2.18. The molecule has 0 radical (unpaired) electrons. The zero-order chi connectivity index (χ0) is 16.2. The summed E-state index contributed by atoms with van der Waals surface area (Å²) in [7, 11) is 0. The summed E-state index contributed by atoms with van der Waals surface area (Å²) in [6.07, 6.45) is 0.785. The van der Waals surface area contributed by atoms with E-state index in [2.05, 4.69) is 5.32 Å². The molecule has 1 amide bonds. The Kier molecular flexibility index (Phi) is 5.96. The van der Waals surface area contributed by atoms with Crippen molar-refractivity contribution in [1.29, 1.82) is 0 Å². The van der Waals surface area contributed by atoms with Gasteiger partial charge in [-0.15, -0.1) is 11.3 Å². The number of carbonyl (C=O) groups is 2. The molecule has 5 heteroatoms. The molecule has 0 aliphatic heterocycles. The van der Waals surface area contributed by atoms with Crippen LogP contribution >= 0.6 is 11.3 Å². The van der Waals surface area contributed by atoms with Crippen LogP contribution in [0.4, 0.5) is 0 Å². The maximum atomic E-state index is 12.3. The van der Waals surface area contributed by atoms with Crippen molar-refractivity contribution in [1.82, 2.24) is 5.32 Å². The summed E-state index contributed by atoms with van der Waals surface area (Å²) in [6.45, 7) is 11.3. The molecule has 0 aliphatic rings. The van der Waals surface area contributed by atoms with E-state index in [-0.39, 0.29) is 17.8 Å². The zero-order valence-corrected chi connectivity index (χ0v) is 14.5. The van der Waals surface area contributed by atoms with Crippen LogP contribution in [0.25, 0.3) is 0 Å². The number of hydrogen-bond acceptors (Lipinski definition) is 4. The molecule has 0 unspecified atom stereocenters. The van der Waals surface area contributed by atoms with Crippen molar-refractivity contribution in [3.05, 3.63) is 21.9 Å². The third-order valence-electron chi connectivity index (χ3n) is 3.23. The average Bonchev–Trinajstić information content (AvgIpc) is 2.78. The molecule has 2 atom stereocenters. The monoisotopic (exact) mass is 311 g/mol. The summed E-state index contributed by atoms with van der Waals surface area (Å²) in [5, 5.41) is 4.70. The maximum Gasteiger partial charge on any atom is 0.329 e. The van der Waals surface area contributed by atoms with Crippen LogP contribution in [0.2, 0.25) is 0 Å². The number of esters is 1. The van der Waals surface area contributed by atoms with E-state index < -0.39 is 11.6 Å². The fraction of sp³-hybridized carbons (Fsp3) is 0.625. The third kappa shape index (κ3) is 5.16. The van der Waals surface area contributed by atoms with Crippen LogP contribution in [0.3, 0.4) is 0 Å². The average molecular weight is 311 g/mol. The SMILES string of the molecule is CC[C@H](C)[C@H](NC(=O)c1sccc1C)C(=O)OC(C)(C)C. The van der Waals surface area contributed by atoms with Gasteiger partial charge in [0.25, 0.3) is 5.91 Å². The first-order valence-electron chi connectivity index (χ1n) is 7.23. The van der Waals surface area contributed by atoms with Crippen molar-refractivity contribution in [2.75, 3.05) is 0 Å². The van der Waals surface area contributed by atoms with Crippen LogP contribution in [0.15, 0.2) is 11.4 Å². The highest BCUT2D eigenvalue weighted by molar-refractivity contribution is 7.12. The Labute approximate surface area is 130 Å². The van der Waals surface area contributed by atoms with E-state index in [4.69, 9.17) is 4.74 Å². The van der Waals surface area contributed by atoms with Crippen LogP contribution < -0.4 is 5.32 Å². The van der Waals surface area contributed by atoms with E-state index in [1.54, 1.807) is 0 Å². The molecule has 0 aromatic carbocycles. The topological polar surface area (TPSA) is 55.4 Å². The summed E-state index contributed by atoms with van der Waals surface area (Å²) in [6, 6.07) is 1.27. The number of ether oxygens (including phenoxy) is 1. The summed E-state index contributed by atoms with van der Waals surface area (Å²) in [4.78, 5) is 25.3. The number of rotatable bonds is 5. The van der Waals surface area contributed by atoms with Crippen molar-refractivity contribution in [2.24, 2.45) is 5.92 Å². The minimum Gasteiger partial charge on any atom is -0.458 e. The molecular weight excluding hydrogens is 286 g/mol. The Morgan fingerprint density at radius 1 is 1.38 bits per heavy atom. The molecule has 1 rings (SSSR count). The minimum absolute atomic E-state index is 0.0177. The molecule has 4 nitrogen and oxygen atoms in total. The number of carbonyl (C=O) groups excluding carboxylic acids is 2. The maximum absolute atomic E-state index is 12.3. The van der Waals surface area contributed by atoms with Crippen LogP contribution in [0.1, 0.15) is 56.3 Å². The van der Waals surface area contributed by atoms with Gasteiger partial charge in [-0.1, -0.05) is 20.3 Å². The van der Waals surface area contributed by atoms with Gasteiger partial charge in [-0.3, -0.25) is 4.79 Å². The smallest absolute Gasteiger partial charge is 0.329 e. The summed E-state index contributed by atoms with van der Waals surface area (Å²) in [5.41, 5.74) is 0.358. The van der Waals surface area contributed by atoms with Gasteiger partial charge in [0.15, 0.2) is 0 Å². The lowest BCUT2D eigenvalue weighted by Crippen LogP contribution is -2.47. The summed E-state index contributed by atoms with van der Waals surface area (Å²) in [5.74, 6) is -0.567. The first-order valence-corrected chi connectivity index (χ1v) is 8.11. The molecule has 118 valence electrons. The van der Waals surface area contributed by atoms with Crippen LogP contribution in [0.5, 0.6) is 0 Å². The lowest BCUT2D eigenvalue weighted by atomic mass is 9.98. The Morgan fingerprint density at radius 2 is 2.00 bits per heavy atom. The Bertz CT molecular complexity index is 502. The van der Waals surface area contributed by atoms with E-state index in [0.717, 1.165) is 12.0 Å². The van der Waals surface area contributed by atoms with Gasteiger partial charge in [0.1, 0.15) is 11.6 Å². The predicted molar refractivity (Wildman–Crippen MR) is 85.6 cm³/mol. The first kappa shape index (κ1) is 17.7. The van der Waals surface area contributed by atoms with Gasteiger partial charge in [0, 0.05) is 0 Å². The zero-order valence-electron chi connectivity index (χ0n) is 13.6. The second-order valence-corrected chi connectivity index (χ2v) is 7.22. The quantitative estimate of drug-likeness (QED) is 0.846. The van der Waals surface area contributed by atoms with Crippen molar-refractivity contribution in [2.45, 2.75) is 59.6 Å². The number of thiophene rings is 1. The predicted octanol–water partition coefficient (Wildman–Crippen LogP) is 3.54. The molecule has 1 aromatic rings. The van der Waals surface area contributed by atoms with E-state index in [1.165, 1.54) is 11.3 Å². The van der Waals surface area contributed by atoms with Gasteiger partial charge < -0.3 is 10.1 Å². The van der Waals surface area contributed by atoms with Crippen LogP contribution in [-0.4, -0.2) is 23.5 Å². The number of amides is 1. The lowest BCUT2D eigenvalue weighted by Gasteiger charge is -2.27. The molecule has 0 fully saturated rings. The first-order chi connectivity index (χ1) is 9.65. The fourth-order valence-electron chi connectivity index (χ4n) is 1.85. The molecule has 21 heavy (non-hydrogen) atoms. The van der Waals surface area contributed by atoms with Gasteiger partial charge in [-0.25, -0.2) is 4.79 Å². The van der Waals surface area contributed by atoms with Crippen molar-refractivity contribution >= 4 is 23.2 Å². The molecular formula is C16H25NO3S. The molecule has 1 aromatic heterocycles. The molecule has 0 saturated heterocycles. The summed E-state index contributed by atoms with van der Waals surface area (Å²) < 4.78 is 5.42. The number of aryl methyl sites for hydroxylation is 1. The van der Waals surface area contributed by atoms with Crippen molar-refractivity contribution in [3.63, 3.8) is 0 Å². The second kappa shape index (κ2) is 7.07. The van der Waals surface area contributed by atoms with Crippen LogP contribution in [-0.2, 0) is 9.53 Å². The second-order valence-electron chi connectivity index (χ2n) is 6.30. The standard InChI is InChI=1S/C16H25NO3S/c1-7-10(2)12(15(19)20-16(4,5)6)17-14(18)13-11(3)8-9-21-13/h8-10,12H,7H2,1-6H3,(H,17,18)/t10-,12-/m0/s1. The van der Waals surface area contributed by atoms with E-state index in [9.17, 15) is 9.59 Å². The normalized spacial score (nSPS) is 14.4. The minimum atomic E-state index is -0.622. The Morgan fingerprint density at radius 3 is 2.43 bits per heavy atom. The molecule has 0 saturated carbocycles. The molecule has 1 heterocycles. The summed E-state index contributed by atoms with van der Waals surface area (Å²) >= 11 is 1.38. The van der Waals surface area contributed by atoms with Crippen molar-refractivity contribution in [3.8, 4) is 0 Å². The molecule has 0 bridgehead atoms. The highest BCUT2D eigenvalue weighted by Gasteiger charge is 2.31. The van der Waals surface area contributed by atoms with Gasteiger partial charge in [-0.2, -0.15) is 0 Å². The Balaban J connectivity index is 2.87. The fourth-order valence-corrected chi connectivity index (χ4v) is 2.67. The highest BCUT2D eigenvalue weighted by atomic mass is 32.1. The largest absolute Gasteiger partial charge is 0.458 e. The van der Waals surface area contributed by atoms with E-state index in [1.807, 2.05) is 53.0 Å². The van der Waals surface area contributed by atoms with Crippen molar-refractivity contribution < 1.29 is 14.3 Å². The van der Waals surface area contributed by atoms with E-state index >= 15 is 0 Å². The van der Waals surface area contributed by atoms with Gasteiger partial charge in [-0.05, 0) is 50.6 Å². The number of hydrogen-bond donors (Lipinski definition) is 1. The third-order valence-corrected chi connectivity index (χ3v) is 4.24. The molecule has 1 N–H and O–H groups in total.